The number of halogens is 1. The van der Waals surface area contributed by atoms with Crippen molar-refractivity contribution in [1.82, 2.24) is 14.5 Å². The van der Waals surface area contributed by atoms with E-state index in [1.165, 1.54) is 11.8 Å². The molecule has 2 aromatic carbocycles. The third-order valence-electron chi connectivity index (χ3n) is 4.80. The van der Waals surface area contributed by atoms with Crippen LogP contribution in [0, 0.1) is 5.92 Å². The summed E-state index contributed by atoms with van der Waals surface area (Å²) in [5.74, 6) is 0.381. The summed E-state index contributed by atoms with van der Waals surface area (Å²) in [5, 5.41) is 1.08. The highest BCUT2D eigenvalue weighted by Crippen LogP contribution is 2.36. The van der Waals surface area contributed by atoms with Gasteiger partial charge in [0.1, 0.15) is 5.25 Å². The van der Waals surface area contributed by atoms with Crippen molar-refractivity contribution >= 4 is 40.2 Å². The fraction of sp³-hybridized carbons (Fsp3) is 0.348. The average Bonchev–Trinajstić information content (AvgIpc) is 2.71. The Labute approximate surface area is 186 Å². The molecule has 0 aliphatic rings. The number of fused-ring (bicyclic) bond motifs is 1. The lowest BCUT2D eigenvalue weighted by Crippen LogP contribution is -2.29. The zero-order chi connectivity index (χ0) is 21.8. The number of benzene rings is 2. The molecule has 0 N–H and O–H groups in total. The van der Waals surface area contributed by atoms with Gasteiger partial charge in [0.2, 0.25) is 5.91 Å². The van der Waals surface area contributed by atoms with Crippen molar-refractivity contribution in [1.29, 1.82) is 0 Å². The maximum absolute atomic E-state index is 13.3. The first kappa shape index (κ1) is 22.4. The van der Waals surface area contributed by atoms with E-state index in [2.05, 4.69) is 13.8 Å². The Hall–Kier alpha value is -2.31. The van der Waals surface area contributed by atoms with Crippen LogP contribution < -0.4 is 5.56 Å². The number of carbonyl (C=O) groups is 1. The fourth-order valence-corrected chi connectivity index (χ4v) is 4.51. The molecule has 1 heterocycles. The van der Waals surface area contributed by atoms with Crippen LogP contribution in [0.25, 0.3) is 10.9 Å². The van der Waals surface area contributed by atoms with Gasteiger partial charge in [-0.1, -0.05) is 67.5 Å². The molecule has 1 atom stereocenters. The molecule has 0 saturated carbocycles. The summed E-state index contributed by atoms with van der Waals surface area (Å²) in [7, 11) is 3.47. The molecule has 1 unspecified atom stereocenters. The van der Waals surface area contributed by atoms with Gasteiger partial charge in [-0.2, -0.15) is 0 Å². The second-order valence-electron chi connectivity index (χ2n) is 7.84. The molecule has 0 aliphatic carbocycles. The van der Waals surface area contributed by atoms with Crippen molar-refractivity contribution in [2.75, 3.05) is 14.1 Å². The van der Waals surface area contributed by atoms with E-state index in [0.29, 0.717) is 33.5 Å². The summed E-state index contributed by atoms with van der Waals surface area (Å²) in [4.78, 5) is 32.6. The lowest BCUT2D eigenvalue weighted by atomic mass is 10.1. The standard InChI is InChI=1S/C23H26ClN3O2S/c1-15(2)12-13-27-21(28)18-11-10-17(24)14-19(18)25-23(27)30-20(22(29)26(3)4)16-8-6-5-7-9-16/h5-11,14-15,20H,12-13H2,1-4H3. The minimum Gasteiger partial charge on any atom is -0.348 e. The van der Waals surface area contributed by atoms with Gasteiger partial charge >= 0.3 is 0 Å². The van der Waals surface area contributed by atoms with Gasteiger partial charge in [-0.05, 0) is 36.1 Å². The highest BCUT2D eigenvalue weighted by molar-refractivity contribution is 8.00. The quantitative estimate of drug-likeness (QED) is 0.380. The van der Waals surface area contributed by atoms with E-state index in [1.807, 2.05) is 30.3 Å². The Bertz CT molecular complexity index is 1100. The Balaban J connectivity index is 2.14. The van der Waals surface area contributed by atoms with Crippen LogP contribution >= 0.6 is 23.4 Å². The van der Waals surface area contributed by atoms with Crippen LogP contribution in [0.5, 0.6) is 0 Å². The Morgan fingerprint density at radius 3 is 2.50 bits per heavy atom. The van der Waals surface area contributed by atoms with Crippen LogP contribution in [0.2, 0.25) is 5.02 Å². The molecule has 158 valence electrons. The van der Waals surface area contributed by atoms with Crippen molar-refractivity contribution in [3.8, 4) is 0 Å². The van der Waals surface area contributed by atoms with Crippen LogP contribution in [-0.2, 0) is 11.3 Å². The molecule has 1 amide bonds. The number of carbonyl (C=O) groups excluding carboxylic acids is 1. The number of likely N-dealkylation sites (N-methyl/N-ethyl adjacent to an activating group) is 1. The molecule has 0 aliphatic heterocycles. The summed E-state index contributed by atoms with van der Waals surface area (Å²) in [5.41, 5.74) is 1.31. The minimum atomic E-state index is -0.505. The normalized spacial score (nSPS) is 12.3. The molecule has 30 heavy (non-hydrogen) atoms. The molecular formula is C23H26ClN3O2S. The minimum absolute atomic E-state index is 0.0537. The molecule has 3 rings (SSSR count). The number of hydrogen-bond acceptors (Lipinski definition) is 4. The molecule has 1 aromatic heterocycles. The van der Waals surface area contributed by atoms with E-state index in [4.69, 9.17) is 16.6 Å². The summed E-state index contributed by atoms with van der Waals surface area (Å²) in [6, 6.07) is 14.7. The third-order valence-corrected chi connectivity index (χ3v) is 6.27. The summed E-state index contributed by atoms with van der Waals surface area (Å²) < 4.78 is 1.69. The maximum Gasteiger partial charge on any atom is 0.262 e. The van der Waals surface area contributed by atoms with E-state index >= 15 is 0 Å². The van der Waals surface area contributed by atoms with Gasteiger partial charge < -0.3 is 4.90 Å². The number of nitrogens with zero attached hydrogens (tertiary/aromatic N) is 3. The topological polar surface area (TPSA) is 55.2 Å². The average molecular weight is 444 g/mol. The smallest absolute Gasteiger partial charge is 0.262 e. The molecule has 0 saturated heterocycles. The molecule has 7 heteroatoms. The van der Waals surface area contributed by atoms with E-state index < -0.39 is 5.25 Å². The molecule has 0 spiro atoms. The lowest BCUT2D eigenvalue weighted by molar-refractivity contribution is -0.128. The first-order chi connectivity index (χ1) is 14.3. The van der Waals surface area contributed by atoms with Crippen molar-refractivity contribution in [2.45, 2.75) is 37.2 Å². The third kappa shape index (κ3) is 5.05. The number of rotatable bonds is 7. The number of amides is 1. The molecule has 0 radical (unpaired) electrons. The number of aromatic nitrogens is 2. The van der Waals surface area contributed by atoms with E-state index in [1.54, 1.807) is 41.8 Å². The van der Waals surface area contributed by atoms with Gasteiger partial charge in [-0.25, -0.2) is 4.98 Å². The van der Waals surface area contributed by atoms with Crippen LogP contribution in [0.3, 0.4) is 0 Å². The molecule has 0 bridgehead atoms. The van der Waals surface area contributed by atoms with Crippen molar-refractivity contribution in [3.63, 3.8) is 0 Å². The predicted octanol–water partition coefficient (Wildman–Crippen LogP) is 5.02. The maximum atomic E-state index is 13.3. The summed E-state index contributed by atoms with van der Waals surface area (Å²) >= 11 is 7.45. The van der Waals surface area contributed by atoms with Gasteiger partial charge in [0.15, 0.2) is 5.16 Å². The van der Waals surface area contributed by atoms with E-state index in [0.717, 1.165) is 12.0 Å². The highest BCUT2D eigenvalue weighted by Gasteiger charge is 2.26. The van der Waals surface area contributed by atoms with Crippen molar-refractivity contribution in [2.24, 2.45) is 5.92 Å². The van der Waals surface area contributed by atoms with Crippen LogP contribution in [0.1, 0.15) is 31.1 Å². The zero-order valence-corrected chi connectivity index (χ0v) is 19.2. The predicted molar refractivity (Wildman–Crippen MR) is 124 cm³/mol. The highest BCUT2D eigenvalue weighted by atomic mass is 35.5. The Morgan fingerprint density at radius 2 is 1.87 bits per heavy atom. The van der Waals surface area contributed by atoms with Crippen LogP contribution in [0.4, 0.5) is 0 Å². The molecule has 3 aromatic rings. The summed E-state index contributed by atoms with van der Waals surface area (Å²) in [6.45, 7) is 4.78. The zero-order valence-electron chi connectivity index (χ0n) is 17.6. The van der Waals surface area contributed by atoms with Crippen LogP contribution in [0.15, 0.2) is 58.5 Å². The Kier molecular flexibility index (Phi) is 7.21. The Morgan fingerprint density at radius 1 is 1.17 bits per heavy atom. The van der Waals surface area contributed by atoms with Crippen LogP contribution in [-0.4, -0.2) is 34.5 Å². The fourth-order valence-electron chi connectivity index (χ4n) is 3.08. The van der Waals surface area contributed by atoms with E-state index in [9.17, 15) is 9.59 Å². The monoisotopic (exact) mass is 443 g/mol. The molecular weight excluding hydrogens is 418 g/mol. The molecule has 0 fully saturated rings. The SMILES string of the molecule is CC(C)CCn1c(SC(C(=O)N(C)C)c2ccccc2)nc2cc(Cl)ccc2c1=O. The second-order valence-corrected chi connectivity index (χ2v) is 9.35. The summed E-state index contributed by atoms with van der Waals surface area (Å²) in [6.07, 6.45) is 0.839. The van der Waals surface area contributed by atoms with Crippen molar-refractivity contribution in [3.05, 3.63) is 69.5 Å². The van der Waals surface area contributed by atoms with Crippen molar-refractivity contribution < 1.29 is 4.79 Å². The molecule has 5 nitrogen and oxygen atoms in total. The second kappa shape index (κ2) is 9.67. The number of thioether (sulfide) groups is 1. The van der Waals surface area contributed by atoms with Gasteiger partial charge in [-0.15, -0.1) is 0 Å². The number of hydrogen-bond donors (Lipinski definition) is 0. The first-order valence-electron chi connectivity index (χ1n) is 9.90. The van der Waals surface area contributed by atoms with Gasteiger partial charge in [0.05, 0.1) is 10.9 Å². The van der Waals surface area contributed by atoms with Gasteiger partial charge in [0, 0.05) is 25.7 Å². The lowest BCUT2D eigenvalue weighted by Gasteiger charge is -2.22. The largest absolute Gasteiger partial charge is 0.348 e. The van der Waals surface area contributed by atoms with Gasteiger partial charge in [-0.3, -0.25) is 14.2 Å². The first-order valence-corrected chi connectivity index (χ1v) is 11.2. The van der Waals surface area contributed by atoms with E-state index in [-0.39, 0.29) is 11.5 Å². The van der Waals surface area contributed by atoms with Gasteiger partial charge in [0.25, 0.3) is 5.56 Å².